The Morgan fingerprint density at radius 2 is 1.87 bits per heavy atom. The number of carbonyl (C=O) groups excluding carboxylic acids is 2. The standard InChI is InChI=1S/C34H31Cl2N3O5S2/c1-3-4-8-17-44-27-16-13-22(18-28(27)43-2)30-29(26(40)15-11-21-9-6-5-7-10-21)31(41)32(42)39(30)33-37-38-34(46-33)45-20-23-12-14-24(35)19-25(23)36/h5-7,9-16,18-19,30,41H,3-4,8,17,20H2,1-2H3. The summed E-state index contributed by atoms with van der Waals surface area (Å²) in [7, 11) is 1.53. The first-order valence-electron chi connectivity index (χ1n) is 14.6. The van der Waals surface area contributed by atoms with Crippen LogP contribution in [0.4, 0.5) is 5.13 Å². The monoisotopic (exact) mass is 695 g/mol. The summed E-state index contributed by atoms with van der Waals surface area (Å²) in [6.07, 6.45) is 6.00. The predicted octanol–water partition coefficient (Wildman–Crippen LogP) is 8.90. The number of benzene rings is 3. The van der Waals surface area contributed by atoms with E-state index in [1.165, 1.54) is 41.2 Å². The molecule has 0 bridgehead atoms. The molecule has 3 aromatic carbocycles. The number of methoxy groups -OCH3 is 1. The molecular weight excluding hydrogens is 665 g/mol. The quantitative estimate of drug-likeness (QED) is 0.0604. The Morgan fingerprint density at radius 1 is 1.07 bits per heavy atom. The highest BCUT2D eigenvalue weighted by Crippen LogP contribution is 2.45. The molecule has 1 N–H and O–H groups in total. The van der Waals surface area contributed by atoms with Crippen molar-refractivity contribution in [2.75, 3.05) is 18.6 Å². The SMILES string of the molecule is CCCCCOc1ccc(C2C(C(=O)C=Cc3ccccc3)=C(O)C(=O)N2c2nnc(SCc3ccc(Cl)cc3Cl)s2)cc1OC. The van der Waals surface area contributed by atoms with Crippen LogP contribution in [0.25, 0.3) is 6.08 Å². The Balaban J connectivity index is 1.48. The number of carbonyl (C=O) groups is 2. The van der Waals surface area contributed by atoms with Gasteiger partial charge in [-0.1, -0.05) is 115 Å². The van der Waals surface area contributed by atoms with E-state index in [1.807, 2.05) is 36.4 Å². The third-order valence-electron chi connectivity index (χ3n) is 7.18. The maximum Gasteiger partial charge on any atom is 0.296 e. The third kappa shape index (κ3) is 7.75. The van der Waals surface area contributed by atoms with Gasteiger partial charge in [-0.05, 0) is 53.5 Å². The minimum atomic E-state index is -1.00. The number of anilines is 1. The van der Waals surface area contributed by atoms with Crippen molar-refractivity contribution < 1.29 is 24.2 Å². The molecule has 0 radical (unpaired) electrons. The largest absolute Gasteiger partial charge is 0.503 e. The van der Waals surface area contributed by atoms with Gasteiger partial charge >= 0.3 is 0 Å². The maximum absolute atomic E-state index is 13.7. The number of rotatable bonds is 14. The lowest BCUT2D eigenvalue weighted by molar-refractivity contribution is -0.117. The Labute approximate surface area is 285 Å². The fourth-order valence-electron chi connectivity index (χ4n) is 4.84. The Bertz CT molecular complexity index is 1780. The van der Waals surface area contributed by atoms with E-state index >= 15 is 0 Å². The van der Waals surface area contributed by atoms with Crippen LogP contribution in [-0.2, 0) is 15.3 Å². The minimum Gasteiger partial charge on any atom is -0.503 e. The molecule has 0 spiro atoms. The van der Waals surface area contributed by atoms with Gasteiger partial charge in [0.15, 0.2) is 27.4 Å². The van der Waals surface area contributed by atoms with Crippen LogP contribution >= 0.6 is 46.3 Å². The fourth-order valence-corrected chi connectivity index (χ4v) is 7.27. The summed E-state index contributed by atoms with van der Waals surface area (Å²) in [5.74, 6) is -0.446. The molecule has 46 heavy (non-hydrogen) atoms. The number of ether oxygens (including phenoxy) is 2. The Kier molecular flexibility index (Phi) is 11.4. The van der Waals surface area contributed by atoms with Gasteiger partial charge in [0.05, 0.1) is 25.3 Å². The first kappa shape index (κ1) is 33.5. The van der Waals surface area contributed by atoms with E-state index in [-0.39, 0.29) is 10.7 Å². The van der Waals surface area contributed by atoms with Gasteiger partial charge in [-0.25, -0.2) is 0 Å². The van der Waals surface area contributed by atoms with Crippen molar-refractivity contribution in [2.45, 2.75) is 42.3 Å². The second-order valence-electron chi connectivity index (χ2n) is 10.3. The second kappa shape index (κ2) is 15.6. The number of amides is 1. The number of ketones is 1. The van der Waals surface area contributed by atoms with Gasteiger partial charge < -0.3 is 14.6 Å². The first-order chi connectivity index (χ1) is 22.3. The van der Waals surface area contributed by atoms with Crippen molar-refractivity contribution in [3.05, 3.63) is 111 Å². The Morgan fingerprint density at radius 3 is 2.61 bits per heavy atom. The molecule has 238 valence electrons. The fraction of sp³-hybridized carbons (Fsp3) is 0.235. The van der Waals surface area contributed by atoms with Crippen LogP contribution < -0.4 is 14.4 Å². The zero-order valence-electron chi connectivity index (χ0n) is 25.1. The molecule has 1 aromatic heterocycles. The van der Waals surface area contributed by atoms with Gasteiger partial charge in [0.1, 0.15) is 0 Å². The van der Waals surface area contributed by atoms with Gasteiger partial charge in [0, 0.05) is 15.8 Å². The van der Waals surface area contributed by atoms with Crippen molar-refractivity contribution in [3.8, 4) is 11.5 Å². The van der Waals surface area contributed by atoms with Crippen molar-refractivity contribution in [1.82, 2.24) is 10.2 Å². The van der Waals surface area contributed by atoms with Crippen molar-refractivity contribution in [3.63, 3.8) is 0 Å². The van der Waals surface area contributed by atoms with Crippen LogP contribution in [0.3, 0.4) is 0 Å². The summed E-state index contributed by atoms with van der Waals surface area (Å²) in [5.41, 5.74) is 2.12. The number of unbranched alkanes of at least 4 members (excludes halogenated alkanes) is 2. The van der Waals surface area contributed by atoms with E-state index in [0.717, 1.165) is 30.4 Å². The molecule has 1 unspecified atom stereocenters. The van der Waals surface area contributed by atoms with Gasteiger partial charge in [0.2, 0.25) is 5.13 Å². The number of thioether (sulfide) groups is 1. The molecule has 1 amide bonds. The summed E-state index contributed by atoms with van der Waals surface area (Å²) in [6.45, 7) is 2.65. The van der Waals surface area contributed by atoms with E-state index in [0.29, 0.717) is 43.8 Å². The van der Waals surface area contributed by atoms with E-state index in [9.17, 15) is 14.7 Å². The van der Waals surface area contributed by atoms with Gasteiger partial charge in [-0.2, -0.15) is 0 Å². The van der Waals surface area contributed by atoms with Gasteiger partial charge in [-0.3, -0.25) is 14.5 Å². The molecule has 8 nitrogen and oxygen atoms in total. The zero-order valence-corrected chi connectivity index (χ0v) is 28.3. The molecule has 12 heteroatoms. The summed E-state index contributed by atoms with van der Waals surface area (Å²) < 4.78 is 12.2. The lowest BCUT2D eigenvalue weighted by Crippen LogP contribution is -2.30. The number of aromatic nitrogens is 2. The highest BCUT2D eigenvalue weighted by Gasteiger charge is 2.45. The molecule has 1 aliphatic rings. The molecule has 1 atom stereocenters. The molecule has 4 aromatic rings. The van der Waals surface area contributed by atoms with Crippen LogP contribution in [0.1, 0.15) is 48.9 Å². The van der Waals surface area contributed by atoms with E-state index in [1.54, 1.807) is 36.4 Å². The number of aliphatic hydroxyl groups excluding tert-OH is 1. The van der Waals surface area contributed by atoms with Crippen LogP contribution in [0.5, 0.6) is 11.5 Å². The van der Waals surface area contributed by atoms with Crippen LogP contribution in [0, 0.1) is 0 Å². The smallest absolute Gasteiger partial charge is 0.296 e. The maximum atomic E-state index is 13.7. The molecular formula is C34H31Cl2N3O5S2. The number of halogens is 2. The van der Waals surface area contributed by atoms with E-state index < -0.39 is 23.5 Å². The van der Waals surface area contributed by atoms with Crippen LogP contribution in [-0.4, -0.2) is 40.7 Å². The van der Waals surface area contributed by atoms with Gasteiger partial charge in [-0.15, -0.1) is 10.2 Å². The van der Waals surface area contributed by atoms with Crippen LogP contribution in [0.2, 0.25) is 10.0 Å². The minimum absolute atomic E-state index is 0.0757. The average molecular weight is 697 g/mol. The predicted molar refractivity (Wildman–Crippen MR) is 184 cm³/mol. The third-order valence-corrected chi connectivity index (χ3v) is 9.87. The average Bonchev–Trinajstić information content (AvgIpc) is 3.63. The van der Waals surface area contributed by atoms with Crippen molar-refractivity contribution in [2.24, 2.45) is 0 Å². The molecule has 0 saturated heterocycles. The zero-order chi connectivity index (χ0) is 32.6. The number of nitrogens with zero attached hydrogens (tertiary/aromatic N) is 3. The van der Waals surface area contributed by atoms with Crippen molar-refractivity contribution >= 4 is 69.2 Å². The normalized spacial score (nSPS) is 14.8. The van der Waals surface area contributed by atoms with E-state index in [2.05, 4.69) is 17.1 Å². The molecule has 5 rings (SSSR count). The topological polar surface area (TPSA) is 102 Å². The summed E-state index contributed by atoms with van der Waals surface area (Å²) in [6, 6.07) is 18.8. The number of hydrogen-bond donors (Lipinski definition) is 1. The van der Waals surface area contributed by atoms with E-state index in [4.69, 9.17) is 32.7 Å². The molecule has 2 heterocycles. The lowest BCUT2D eigenvalue weighted by atomic mass is 9.95. The van der Waals surface area contributed by atoms with Crippen molar-refractivity contribution in [1.29, 1.82) is 0 Å². The Hall–Kier alpha value is -3.83. The highest BCUT2D eigenvalue weighted by molar-refractivity contribution is 8.00. The summed E-state index contributed by atoms with van der Waals surface area (Å²) >= 11 is 14.9. The molecule has 1 aliphatic heterocycles. The molecule has 0 saturated carbocycles. The lowest BCUT2D eigenvalue weighted by Gasteiger charge is -2.24. The van der Waals surface area contributed by atoms with Crippen LogP contribution in [0.15, 0.2) is 88.5 Å². The summed E-state index contributed by atoms with van der Waals surface area (Å²) in [5, 5.41) is 21.0. The molecule has 0 fully saturated rings. The number of allylic oxidation sites excluding steroid dienone is 1. The first-order valence-corrected chi connectivity index (χ1v) is 17.1. The molecule has 0 aliphatic carbocycles. The number of aliphatic hydroxyl groups is 1. The summed E-state index contributed by atoms with van der Waals surface area (Å²) in [4.78, 5) is 28.6. The highest BCUT2D eigenvalue weighted by atomic mass is 35.5. The van der Waals surface area contributed by atoms with Gasteiger partial charge in [0.25, 0.3) is 5.91 Å². The second-order valence-corrected chi connectivity index (χ2v) is 13.3. The number of hydrogen-bond acceptors (Lipinski definition) is 9.